The summed E-state index contributed by atoms with van der Waals surface area (Å²) in [5.41, 5.74) is 2.19. The molecular formula is C23H19F3O2. The molecule has 0 saturated heterocycles. The van der Waals surface area contributed by atoms with Gasteiger partial charge in [0.05, 0.1) is 18.3 Å². The first-order chi connectivity index (χ1) is 13.4. The molecule has 1 aliphatic rings. The van der Waals surface area contributed by atoms with Crippen molar-refractivity contribution < 1.29 is 23.0 Å². The van der Waals surface area contributed by atoms with Crippen molar-refractivity contribution in [3.8, 4) is 16.9 Å². The number of hydrogen-bond acceptors (Lipinski definition) is 2. The van der Waals surface area contributed by atoms with Crippen molar-refractivity contribution in [1.82, 2.24) is 0 Å². The second-order valence-corrected chi connectivity index (χ2v) is 7.04. The minimum absolute atomic E-state index is 0.0747. The minimum Gasteiger partial charge on any atom is -0.493 e. The highest BCUT2D eigenvalue weighted by Crippen LogP contribution is 2.40. The smallest absolute Gasteiger partial charge is 0.416 e. The van der Waals surface area contributed by atoms with Crippen LogP contribution in [0.2, 0.25) is 0 Å². The molecule has 0 unspecified atom stereocenters. The van der Waals surface area contributed by atoms with Gasteiger partial charge in [0.25, 0.3) is 0 Å². The van der Waals surface area contributed by atoms with E-state index in [-0.39, 0.29) is 5.92 Å². The molecular weight excluding hydrogens is 365 g/mol. The third-order valence-electron chi connectivity index (χ3n) is 5.10. The first kappa shape index (κ1) is 18.6. The van der Waals surface area contributed by atoms with Crippen LogP contribution in [0.5, 0.6) is 5.75 Å². The lowest BCUT2D eigenvalue weighted by Crippen LogP contribution is -2.27. The van der Waals surface area contributed by atoms with Gasteiger partial charge < -0.3 is 9.84 Å². The molecule has 0 amide bonds. The molecule has 0 aliphatic carbocycles. The number of hydrogen-bond donors (Lipinski definition) is 1. The highest BCUT2D eigenvalue weighted by molar-refractivity contribution is 5.67. The quantitative estimate of drug-likeness (QED) is 0.632. The summed E-state index contributed by atoms with van der Waals surface area (Å²) in [6.45, 7) is 0.356. The lowest BCUT2D eigenvalue weighted by Gasteiger charge is -2.30. The van der Waals surface area contributed by atoms with Crippen molar-refractivity contribution >= 4 is 0 Å². The maximum atomic E-state index is 13.0. The van der Waals surface area contributed by atoms with Crippen LogP contribution in [-0.4, -0.2) is 11.7 Å². The summed E-state index contributed by atoms with van der Waals surface area (Å²) in [4.78, 5) is 0. The van der Waals surface area contributed by atoms with E-state index in [1.807, 2.05) is 30.3 Å². The summed E-state index contributed by atoms with van der Waals surface area (Å²) < 4.78 is 44.8. The molecule has 0 fully saturated rings. The summed E-state index contributed by atoms with van der Waals surface area (Å²) in [5.74, 6) is 0.445. The van der Waals surface area contributed by atoms with Gasteiger partial charge in [0.1, 0.15) is 5.75 Å². The lowest BCUT2D eigenvalue weighted by molar-refractivity contribution is -0.137. The maximum Gasteiger partial charge on any atom is 0.416 e. The number of alkyl halides is 3. The van der Waals surface area contributed by atoms with Gasteiger partial charge in [0, 0.05) is 11.5 Å². The van der Waals surface area contributed by atoms with E-state index < -0.39 is 17.8 Å². The van der Waals surface area contributed by atoms with E-state index in [2.05, 4.69) is 0 Å². The molecule has 3 aromatic carbocycles. The molecule has 0 spiro atoms. The Balaban J connectivity index is 1.59. The molecule has 0 saturated carbocycles. The fourth-order valence-electron chi connectivity index (χ4n) is 3.59. The van der Waals surface area contributed by atoms with Gasteiger partial charge in [-0.15, -0.1) is 0 Å². The number of aliphatic hydroxyl groups is 1. The van der Waals surface area contributed by atoms with Gasteiger partial charge >= 0.3 is 6.18 Å². The topological polar surface area (TPSA) is 29.5 Å². The lowest BCUT2D eigenvalue weighted by atomic mass is 9.87. The summed E-state index contributed by atoms with van der Waals surface area (Å²) in [6, 6.07) is 20.3. The van der Waals surface area contributed by atoms with Crippen molar-refractivity contribution in [3.63, 3.8) is 0 Å². The van der Waals surface area contributed by atoms with Crippen LogP contribution < -0.4 is 4.74 Å². The van der Waals surface area contributed by atoms with Gasteiger partial charge in [0.2, 0.25) is 0 Å². The number of fused-ring (bicyclic) bond motifs is 1. The van der Waals surface area contributed by atoms with E-state index in [9.17, 15) is 18.3 Å². The Morgan fingerprint density at radius 2 is 1.64 bits per heavy atom. The summed E-state index contributed by atoms with van der Waals surface area (Å²) in [7, 11) is 0. The fraction of sp³-hybridized carbons (Fsp3) is 0.217. The van der Waals surface area contributed by atoms with Gasteiger partial charge in [-0.25, -0.2) is 0 Å². The SMILES string of the molecule is O[C@H]1c2ccc(-c3cccc(C(F)(F)F)c3)cc2OC[C@@H]1Cc1ccccc1. The third kappa shape index (κ3) is 3.76. The zero-order chi connectivity index (χ0) is 19.7. The van der Waals surface area contributed by atoms with E-state index in [0.717, 1.165) is 17.7 Å². The van der Waals surface area contributed by atoms with Gasteiger partial charge in [0.15, 0.2) is 0 Å². The Bertz CT molecular complexity index is 967. The van der Waals surface area contributed by atoms with Crippen LogP contribution in [0.25, 0.3) is 11.1 Å². The van der Waals surface area contributed by atoms with Crippen LogP contribution in [0.4, 0.5) is 13.2 Å². The number of rotatable bonds is 3. The van der Waals surface area contributed by atoms with E-state index in [0.29, 0.717) is 35.5 Å². The molecule has 3 aromatic rings. The predicted molar refractivity (Wildman–Crippen MR) is 101 cm³/mol. The minimum atomic E-state index is -4.39. The molecule has 0 radical (unpaired) electrons. The zero-order valence-corrected chi connectivity index (χ0v) is 15.0. The maximum absolute atomic E-state index is 13.0. The van der Waals surface area contributed by atoms with Crippen molar-refractivity contribution in [3.05, 3.63) is 89.5 Å². The Hall–Kier alpha value is -2.79. The van der Waals surface area contributed by atoms with Gasteiger partial charge in [-0.05, 0) is 41.3 Å². The Kier molecular flexibility index (Phi) is 4.85. The first-order valence-electron chi connectivity index (χ1n) is 9.08. The zero-order valence-electron chi connectivity index (χ0n) is 15.0. The second kappa shape index (κ2) is 7.32. The normalized spacial score (nSPS) is 19.0. The molecule has 1 aliphatic heterocycles. The largest absolute Gasteiger partial charge is 0.493 e. The van der Waals surface area contributed by atoms with Crippen LogP contribution in [0, 0.1) is 5.92 Å². The summed E-state index contributed by atoms with van der Waals surface area (Å²) >= 11 is 0. The highest BCUT2D eigenvalue weighted by atomic mass is 19.4. The molecule has 1 N–H and O–H groups in total. The van der Waals surface area contributed by atoms with Crippen molar-refractivity contribution in [2.75, 3.05) is 6.61 Å². The van der Waals surface area contributed by atoms with Gasteiger partial charge in [-0.2, -0.15) is 13.2 Å². The van der Waals surface area contributed by atoms with Crippen molar-refractivity contribution in [1.29, 1.82) is 0 Å². The molecule has 2 nitrogen and oxygen atoms in total. The molecule has 0 aromatic heterocycles. The van der Waals surface area contributed by atoms with Gasteiger partial charge in [-0.3, -0.25) is 0 Å². The first-order valence-corrected chi connectivity index (χ1v) is 9.08. The average molecular weight is 384 g/mol. The average Bonchev–Trinajstić information content (AvgIpc) is 2.70. The molecule has 5 heteroatoms. The standard InChI is InChI=1S/C23H19F3O2/c24-23(25,26)19-8-4-7-16(12-19)17-9-10-20-21(13-17)28-14-18(22(20)27)11-15-5-2-1-3-6-15/h1-10,12-13,18,22,27H,11,14H2/t18-,22+/m0/s1. The van der Waals surface area contributed by atoms with Gasteiger partial charge in [-0.1, -0.05) is 54.6 Å². The third-order valence-corrected chi connectivity index (χ3v) is 5.10. The van der Waals surface area contributed by atoms with Crippen LogP contribution in [0.3, 0.4) is 0 Å². The monoisotopic (exact) mass is 384 g/mol. The predicted octanol–water partition coefficient (Wildman–Crippen LogP) is 5.66. The number of halogens is 3. The van der Waals surface area contributed by atoms with E-state index >= 15 is 0 Å². The number of ether oxygens (including phenoxy) is 1. The Morgan fingerprint density at radius 1 is 0.893 bits per heavy atom. The van der Waals surface area contributed by atoms with Crippen LogP contribution in [-0.2, 0) is 12.6 Å². The summed E-state index contributed by atoms with van der Waals surface area (Å²) in [6.07, 6.45) is -4.38. The second-order valence-electron chi connectivity index (χ2n) is 7.04. The highest BCUT2D eigenvalue weighted by Gasteiger charge is 2.31. The molecule has 2 atom stereocenters. The number of benzene rings is 3. The van der Waals surface area contributed by atoms with Crippen molar-refractivity contribution in [2.45, 2.75) is 18.7 Å². The molecule has 0 bridgehead atoms. The van der Waals surface area contributed by atoms with E-state index in [1.54, 1.807) is 24.3 Å². The van der Waals surface area contributed by atoms with E-state index in [4.69, 9.17) is 4.74 Å². The molecule has 144 valence electrons. The number of aliphatic hydroxyl groups excluding tert-OH is 1. The van der Waals surface area contributed by atoms with Crippen LogP contribution in [0.1, 0.15) is 22.8 Å². The Morgan fingerprint density at radius 3 is 2.39 bits per heavy atom. The van der Waals surface area contributed by atoms with Crippen LogP contribution >= 0.6 is 0 Å². The molecule has 4 rings (SSSR count). The van der Waals surface area contributed by atoms with Crippen LogP contribution in [0.15, 0.2) is 72.8 Å². The van der Waals surface area contributed by atoms with E-state index in [1.165, 1.54) is 6.07 Å². The fourth-order valence-corrected chi connectivity index (χ4v) is 3.59. The summed E-state index contributed by atoms with van der Waals surface area (Å²) in [5, 5.41) is 10.8. The van der Waals surface area contributed by atoms with Crippen molar-refractivity contribution in [2.24, 2.45) is 5.92 Å². The molecule has 1 heterocycles. The Labute approximate surface area is 161 Å². The molecule has 28 heavy (non-hydrogen) atoms.